The largest absolute Gasteiger partial charge is 0.445 e. The molecular weight excluding hydrogens is 664 g/mol. The van der Waals surface area contributed by atoms with Crippen molar-refractivity contribution >= 4 is 36.3 Å². The lowest BCUT2D eigenvalue weighted by Crippen LogP contribution is -2.48. The number of nitrogens with one attached hydrogen (secondary N) is 4. The molecule has 0 fully saturated rings. The van der Waals surface area contributed by atoms with E-state index < -0.39 is 59.6 Å². The Hall–Kier alpha value is -5.34. The standard InChI is InChI=1S/C36H50N4O11/c1-35(2,3)50-33(45)39-27(19-13-21-37-31(43)47-23-25-15-9-7-10-16-25)29(41)49-30(42)28(40-34(46)51-36(4,5)6)20-14-22-38-32(44)48-24-26-17-11-8-12-18-26/h7-12,15-18,27-28H,13-14,19-24H2,1-6H3,(H,37,43)(H,38,44)(H,39,45)(H,40,46)/t27-,28-/m0/s1. The van der Waals surface area contributed by atoms with Crippen LogP contribution in [0.4, 0.5) is 19.2 Å². The number of amides is 4. The lowest BCUT2D eigenvalue weighted by Gasteiger charge is -2.24. The quantitative estimate of drug-likeness (QED) is 0.0767. The van der Waals surface area contributed by atoms with Crippen molar-refractivity contribution in [3.8, 4) is 0 Å². The van der Waals surface area contributed by atoms with Gasteiger partial charge in [-0.3, -0.25) is 0 Å². The summed E-state index contributed by atoms with van der Waals surface area (Å²) in [5, 5.41) is 9.95. The highest BCUT2D eigenvalue weighted by atomic mass is 16.6. The van der Waals surface area contributed by atoms with Crippen molar-refractivity contribution < 1.29 is 52.5 Å². The molecule has 51 heavy (non-hydrogen) atoms. The number of ether oxygens (including phenoxy) is 5. The van der Waals surface area contributed by atoms with Crippen LogP contribution in [0.5, 0.6) is 0 Å². The fourth-order valence-corrected chi connectivity index (χ4v) is 4.18. The zero-order chi connectivity index (χ0) is 37.9. The van der Waals surface area contributed by atoms with Gasteiger partial charge in [-0.15, -0.1) is 0 Å². The molecule has 0 saturated heterocycles. The number of hydrogen-bond donors (Lipinski definition) is 4. The average molecular weight is 715 g/mol. The van der Waals surface area contributed by atoms with Crippen LogP contribution in [0, 0.1) is 0 Å². The van der Waals surface area contributed by atoms with Crippen molar-refractivity contribution in [3.63, 3.8) is 0 Å². The van der Waals surface area contributed by atoms with E-state index in [9.17, 15) is 28.8 Å². The molecule has 0 radical (unpaired) electrons. The third-order valence-electron chi connectivity index (χ3n) is 6.46. The average Bonchev–Trinajstić information content (AvgIpc) is 3.04. The van der Waals surface area contributed by atoms with Crippen molar-refractivity contribution in [2.24, 2.45) is 0 Å². The first kappa shape index (κ1) is 41.8. The van der Waals surface area contributed by atoms with Crippen LogP contribution in [-0.2, 0) is 46.5 Å². The molecule has 15 heteroatoms. The lowest BCUT2D eigenvalue weighted by atomic mass is 10.1. The molecule has 0 heterocycles. The second kappa shape index (κ2) is 21.0. The Labute approximate surface area is 298 Å². The summed E-state index contributed by atoms with van der Waals surface area (Å²) in [6.45, 7) is 10.1. The molecular formula is C36H50N4O11. The van der Waals surface area contributed by atoms with E-state index in [-0.39, 0.29) is 52.0 Å². The van der Waals surface area contributed by atoms with E-state index in [0.717, 1.165) is 11.1 Å². The first-order valence-corrected chi connectivity index (χ1v) is 16.6. The summed E-state index contributed by atoms with van der Waals surface area (Å²) in [5.41, 5.74) is -0.163. The summed E-state index contributed by atoms with van der Waals surface area (Å²) < 4.78 is 26.0. The van der Waals surface area contributed by atoms with Crippen LogP contribution in [0.15, 0.2) is 60.7 Å². The van der Waals surface area contributed by atoms with E-state index in [1.165, 1.54) is 0 Å². The van der Waals surface area contributed by atoms with E-state index in [0.29, 0.717) is 0 Å². The fourth-order valence-electron chi connectivity index (χ4n) is 4.18. The third kappa shape index (κ3) is 19.4. The molecule has 4 amide bonds. The number of carbonyl (C=O) groups excluding carboxylic acids is 6. The van der Waals surface area contributed by atoms with Crippen LogP contribution in [0.25, 0.3) is 0 Å². The smallest absolute Gasteiger partial charge is 0.408 e. The summed E-state index contributed by atoms with van der Waals surface area (Å²) in [4.78, 5) is 75.8. The van der Waals surface area contributed by atoms with Crippen LogP contribution in [0.3, 0.4) is 0 Å². The number of carbonyl (C=O) groups is 6. The molecule has 0 unspecified atom stereocenters. The maximum atomic E-state index is 13.2. The third-order valence-corrected chi connectivity index (χ3v) is 6.46. The van der Waals surface area contributed by atoms with Gasteiger partial charge in [0.1, 0.15) is 36.5 Å². The second-order valence-corrected chi connectivity index (χ2v) is 13.4. The van der Waals surface area contributed by atoms with E-state index in [2.05, 4.69) is 21.3 Å². The Balaban J connectivity index is 1.99. The molecule has 2 aromatic carbocycles. The maximum absolute atomic E-state index is 13.2. The van der Waals surface area contributed by atoms with E-state index in [1.54, 1.807) is 41.5 Å². The molecule has 0 bridgehead atoms. The van der Waals surface area contributed by atoms with E-state index in [4.69, 9.17) is 23.7 Å². The summed E-state index contributed by atoms with van der Waals surface area (Å²) in [5.74, 6) is -2.23. The van der Waals surface area contributed by atoms with Gasteiger partial charge in [-0.2, -0.15) is 0 Å². The maximum Gasteiger partial charge on any atom is 0.408 e. The van der Waals surface area contributed by atoms with Gasteiger partial charge in [0.05, 0.1) is 0 Å². The molecule has 2 rings (SSSR count). The number of esters is 2. The van der Waals surface area contributed by atoms with Gasteiger partial charge in [-0.25, -0.2) is 28.8 Å². The SMILES string of the molecule is CC(C)(C)OC(=O)N[C@@H](CCCNC(=O)OCc1ccccc1)C(=O)OC(=O)[C@H](CCCNC(=O)OCc1ccccc1)NC(=O)OC(C)(C)C. The molecule has 2 atom stereocenters. The van der Waals surface area contributed by atoms with Crippen molar-refractivity contribution in [1.82, 2.24) is 21.3 Å². The van der Waals surface area contributed by atoms with Gasteiger partial charge in [0.25, 0.3) is 0 Å². The Morgan fingerprint density at radius 1 is 0.549 bits per heavy atom. The zero-order valence-electron chi connectivity index (χ0n) is 30.1. The van der Waals surface area contributed by atoms with E-state index in [1.807, 2.05) is 60.7 Å². The van der Waals surface area contributed by atoms with Gasteiger partial charge in [-0.1, -0.05) is 60.7 Å². The van der Waals surface area contributed by atoms with Crippen LogP contribution in [0.2, 0.25) is 0 Å². The Bertz CT molecular complexity index is 1320. The number of hydrogen-bond acceptors (Lipinski definition) is 11. The van der Waals surface area contributed by atoms with Crippen molar-refractivity contribution in [2.45, 2.75) is 104 Å². The molecule has 0 aliphatic rings. The number of rotatable bonds is 16. The molecule has 0 saturated carbocycles. The summed E-state index contributed by atoms with van der Waals surface area (Å²) in [6, 6.07) is 15.5. The van der Waals surface area contributed by atoms with Crippen molar-refractivity contribution in [3.05, 3.63) is 71.8 Å². The Morgan fingerprint density at radius 3 is 1.24 bits per heavy atom. The summed E-state index contributed by atoms with van der Waals surface area (Å²) in [7, 11) is 0. The first-order valence-electron chi connectivity index (χ1n) is 16.6. The first-order chi connectivity index (χ1) is 24.0. The monoisotopic (exact) mass is 714 g/mol. The number of benzene rings is 2. The highest BCUT2D eigenvalue weighted by molar-refractivity contribution is 5.93. The molecule has 0 aromatic heterocycles. The molecule has 280 valence electrons. The highest BCUT2D eigenvalue weighted by Crippen LogP contribution is 2.11. The van der Waals surface area contributed by atoms with Gasteiger partial charge < -0.3 is 45.0 Å². The normalized spacial score (nSPS) is 12.3. The highest BCUT2D eigenvalue weighted by Gasteiger charge is 2.31. The molecule has 0 aliphatic carbocycles. The number of alkyl carbamates (subject to hydrolysis) is 4. The zero-order valence-corrected chi connectivity index (χ0v) is 30.1. The van der Waals surface area contributed by atoms with Crippen LogP contribution >= 0.6 is 0 Å². The van der Waals surface area contributed by atoms with Crippen molar-refractivity contribution in [2.75, 3.05) is 13.1 Å². The summed E-state index contributed by atoms with van der Waals surface area (Å²) >= 11 is 0. The van der Waals surface area contributed by atoms with Gasteiger partial charge in [-0.05, 0) is 78.4 Å². The second-order valence-electron chi connectivity index (χ2n) is 13.4. The summed E-state index contributed by atoms with van der Waals surface area (Å²) in [6.07, 6.45) is -2.97. The fraction of sp³-hybridized carbons (Fsp3) is 0.500. The molecule has 4 N–H and O–H groups in total. The van der Waals surface area contributed by atoms with Gasteiger partial charge in [0.2, 0.25) is 0 Å². The lowest BCUT2D eigenvalue weighted by molar-refractivity contribution is -0.163. The van der Waals surface area contributed by atoms with Gasteiger partial charge in [0.15, 0.2) is 0 Å². The van der Waals surface area contributed by atoms with Gasteiger partial charge >= 0.3 is 36.3 Å². The topological polar surface area (TPSA) is 197 Å². The molecule has 2 aromatic rings. The van der Waals surface area contributed by atoms with Crippen LogP contribution < -0.4 is 21.3 Å². The molecule has 0 spiro atoms. The minimum Gasteiger partial charge on any atom is -0.445 e. The van der Waals surface area contributed by atoms with Crippen LogP contribution in [0.1, 0.15) is 78.4 Å². The van der Waals surface area contributed by atoms with E-state index >= 15 is 0 Å². The minimum absolute atomic E-state index is 0.0521. The van der Waals surface area contributed by atoms with Crippen molar-refractivity contribution in [1.29, 1.82) is 0 Å². The molecule has 0 aliphatic heterocycles. The predicted molar refractivity (Wildman–Crippen MR) is 185 cm³/mol. The Morgan fingerprint density at radius 2 is 0.902 bits per heavy atom. The predicted octanol–water partition coefficient (Wildman–Crippen LogP) is 5.26. The molecule has 15 nitrogen and oxygen atoms in total. The van der Waals surface area contributed by atoms with Crippen LogP contribution in [-0.4, -0.2) is 72.7 Å². The minimum atomic E-state index is -1.35. The van der Waals surface area contributed by atoms with Gasteiger partial charge in [0, 0.05) is 13.1 Å². The Kier molecular flexibility index (Phi) is 17.2.